The number of alkyl halides is 3. The number of hydrogen-bond acceptors (Lipinski definition) is 1. The van der Waals surface area contributed by atoms with E-state index in [1.165, 1.54) is 6.07 Å². The van der Waals surface area contributed by atoms with Crippen molar-refractivity contribution in [2.75, 3.05) is 13.1 Å². The van der Waals surface area contributed by atoms with Gasteiger partial charge in [-0.15, -0.1) is 0 Å². The molecule has 1 aliphatic heterocycles. The third-order valence-corrected chi connectivity index (χ3v) is 3.74. The van der Waals surface area contributed by atoms with Gasteiger partial charge in [-0.3, -0.25) is 0 Å². The van der Waals surface area contributed by atoms with Crippen LogP contribution in [-0.2, 0) is 6.18 Å². The molecule has 1 aromatic carbocycles. The molecule has 1 N–H and O–H groups in total. The van der Waals surface area contributed by atoms with Gasteiger partial charge in [-0.05, 0) is 49.0 Å². The fourth-order valence-corrected chi connectivity index (χ4v) is 2.75. The van der Waals surface area contributed by atoms with Crippen LogP contribution in [0.25, 0.3) is 0 Å². The maximum absolute atomic E-state index is 13.0. The second-order valence-electron chi connectivity index (χ2n) is 4.81. The zero-order valence-electron chi connectivity index (χ0n) is 10.0. The van der Waals surface area contributed by atoms with E-state index in [-0.39, 0.29) is 16.9 Å². The number of rotatable bonds is 1. The quantitative estimate of drug-likeness (QED) is 0.816. The minimum absolute atomic E-state index is 0.0554. The molecule has 18 heavy (non-hydrogen) atoms. The van der Waals surface area contributed by atoms with E-state index < -0.39 is 11.7 Å². The summed E-state index contributed by atoms with van der Waals surface area (Å²) in [6.45, 7) is 3.49. The Labute approximate surface area is 109 Å². The van der Waals surface area contributed by atoms with Crippen LogP contribution in [0.2, 0.25) is 5.02 Å². The normalized spacial score (nSPS) is 25.2. The summed E-state index contributed by atoms with van der Waals surface area (Å²) in [6.07, 6.45) is -3.61. The summed E-state index contributed by atoms with van der Waals surface area (Å²) in [4.78, 5) is 0. The summed E-state index contributed by atoms with van der Waals surface area (Å²) in [5.74, 6) is 0.140. The van der Waals surface area contributed by atoms with Gasteiger partial charge in [0.25, 0.3) is 0 Å². The van der Waals surface area contributed by atoms with Crippen LogP contribution in [0, 0.1) is 5.92 Å². The predicted octanol–water partition coefficient (Wildman–Crippen LogP) is 4.07. The number of piperidine rings is 1. The predicted molar refractivity (Wildman–Crippen MR) is 65.8 cm³/mol. The Balaban J connectivity index is 2.43. The van der Waals surface area contributed by atoms with Crippen LogP contribution in [0.1, 0.15) is 30.4 Å². The van der Waals surface area contributed by atoms with E-state index in [9.17, 15) is 13.2 Å². The monoisotopic (exact) mass is 277 g/mol. The molecule has 100 valence electrons. The Morgan fingerprint density at radius 3 is 2.67 bits per heavy atom. The Hall–Kier alpha value is -0.740. The average molecular weight is 278 g/mol. The van der Waals surface area contributed by atoms with E-state index in [0.717, 1.165) is 25.6 Å². The fourth-order valence-electron chi connectivity index (χ4n) is 2.57. The van der Waals surface area contributed by atoms with E-state index in [0.29, 0.717) is 5.56 Å². The summed E-state index contributed by atoms with van der Waals surface area (Å²) in [5, 5.41) is 3.33. The molecular weight excluding hydrogens is 263 g/mol. The highest BCUT2D eigenvalue weighted by Gasteiger charge is 2.37. The van der Waals surface area contributed by atoms with Gasteiger partial charge < -0.3 is 5.32 Å². The van der Waals surface area contributed by atoms with E-state index in [2.05, 4.69) is 5.32 Å². The first-order chi connectivity index (χ1) is 8.39. The number of benzene rings is 1. The lowest BCUT2D eigenvalue weighted by atomic mass is 9.80. The minimum Gasteiger partial charge on any atom is -0.316 e. The van der Waals surface area contributed by atoms with Crippen LogP contribution in [0.15, 0.2) is 18.2 Å². The molecule has 0 spiro atoms. The van der Waals surface area contributed by atoms with Crippen molar-refractivity contribution in [3.05, 3.63) is 34.3 Å². The molecule has 2 atom stereocenters. The lowest BCUT2D eigenvalue weighted by Gasteiger charge is -2.31. The van der Waals surface area contributed by atoms with E-state index in [1.54, 1.807) is 6.07 Å². The number of nitrogens with one attached hydrogen (secondary N) is 1. The number of halogens is 4. The third kappa shape index (κ3) is 2.81. The third-order valence-electron chi connectivity index (χ3n) is 3.51. The van der Waals surface area contributed by atoms with E-state index in [4.69, 9.17) is 11.6 Å². The summed E-state index contributed by atoms with van der Waals surface area (Å²) in [5.41, 5.74) is -0.213. The topological polar surface area (TPSA) is 12.0 Å². The molecular formula is C13H15ClF3N. The van der Waals surface area contributed by atoms with Gasteiger partial charge in [-0.2, -0.15) is 13.2 Å². The molecule has 2 rings (SSSR count). The van der Waals surface area contributed by atoms with Crippen molar-refractivity contribution in [1.82, 2.24) is 5.32 Å². The Kier molecular flexibility index (Phi) is 3.87. The second-order valence-corrected chi connectivity index (χ2v) is 5.24. The first-order valence-electron chi connectivity index (χ1n) is 5.97. The highest BCUT2D eigenvalue weighted by Crippen LogP contribution is 2.40. The van der Waals surface area contributed by atoms with Gasteiger partial charge in [0.05, 0.1) is 5.56 Å². The molecule has 1 aliphatic rings. The largest absolute Gasteiger partial charge is 0.416 e. The Morgan fingerprint density at radius 2 is 2.06 bits per heavy atom. The maximum Gasteiger partial charge on any atom is 0.416 e. The van der Waals surface area contributed by atoms with E-state index in [1.807, 2.05) is 6.92 Å². The van der Waals surface area contributed by atoms with Crippen molar-refractivity contribution in [2.24, 2.45) is 5.92 Å². The molecule has 0 unspecified atom stereocenters. The van der Waals surface area contributed by atoms with Gasteiger partial charge in [0.2, 0.25) is 0 Å². The van der Waals surface area contributed by atoms with Gasteiger partial charge >= 0.3 is 6.18 Å². The molecule has 0 radical (unpaired) electrons. The SMILES string of the molecule is C[C@@H]1CNCC[C@@H]1c1ccc(Cl)cc1C(F)(F)F. The second kappa shape index (κ2) is 5.10. The molecule has 0 aromatic heterocycles. The Bertz CT molecular complexity index is 431. The van der Waals surface area contributed by atoms with Crippen LogP contribution in [0.3, 0.4) is 0 Å². The summed E-state index contributed by atoms with van der Waals surface area (Å²) in [7, 11) is 0. The van der Waals surface area contributed by atoms with Crippen LogP contribution in [-0.4, -0.2) is 13.1 Å². The summed E-state index contributed by atoms with van der Waals surface area (Å²) >= 11 is 5.69. The van der Waals surface area contributed by atoms with Gasteiger partial charge in [-0.25, -0.2) is 0 Å². The molecule has 0 saturated carbocycles. The van der Waals surface area contributed by atoms with Crippen molar-refractivity contribution >= 4 is 11.6 Å². The summed E-state index contributed by atoms with van der Waals surface area (Å²) < 4.78 is 39.1. The maximum atomic E-state index is 13.0. The van der Waals surface area contributed by atoms with Gasteiger partial charge in [0, 0.05) is 5.02 Å². The first-order valence-corrected chi connectivity index (χ1v) is 6.34. The van der Waals surface area contributed by atoms with Gasteiger partial charge in [0.1, 0.15) is 0 Å². The Morgan fingerprint density at radius 1 is 1.33 bits per heavy atom. The van der Waals surface area contributed by atoms with Gasteiger partial charge in [0.15, 0.2) is 0 Å². The first kappa shape index (κ1) is 13.7. The number of hydrogen-bond donors (Lipinski definition) is 1. The molecule has 1 aromatic rings. The van der Waals surface area contributed by atoms with Crippen LogP contribution >= 0.6 is 11.6 Å². The highest BCUT2D eigenvalue weighted by molar-refractivity contribution is 6.30. The zero-order chi connectivity index (χ0) is 13.3. The van der Waals surface area contributed by atoms with Crippen molar-refractivity contribution in [2.45, 2.75) is 25.4 Å². The minimum atomic E-state index is -4.34. The van der Waals surface area contributed by atoms with Crippen molar-refractivity contribution in [3.63, 3.8) is 0 Å². The van der Waals surface area contributed by atoms with Crippen LogP contribution < -0.4 is 5.32 Å². The molecule has 5 heteroatoms. The van der Waals surface area contributed by atoms with Crippen LogP contribution in [0.4, 0.5) is 13.2 Å². The van der Waals surface area contributed by atoms with Gasteiger partial charge in [-0.1, -0.05) is 24.6 Å². The molecule has 0 aliphatic carbocycles. The molecule has 1 nitrogen and oxygen atoms in total. The molecule has 1 saturated heterocycles. The molecule has 0 bridgehead atoms. The highest BCUT2D eigenvalue weighted by atomic mass is 35.5. The lowest BCUT2D eigenvalue weighted by molar-refractivity contribution is -0.138. The van der Waals surface area contributed by atoms with E-state index >= 15 is 0 Å². The molecule has 1 fully saturated rings. The average Bonchev–Trinajstić information content (AvgIpc) is 2.29. The molecule has 0 amide bonds. The van der Waals surface area contributed by atoms with Crippen molar-refractivity contribution in [1.29, 1.82) is 0 Å². The smallest absolute Gasteiger partial charge is 0.316 e. The molecule has 1 heterocycles. The standard InChI is InChI=1S/C13H15ClF3N/c1-8-7-18-5-4-10(8)11-3-2-9(14)6-12(11)13(15,16)17/h2-3,6,8,10,18H,4-5,7H2,1H3/t8-,10+/m1/s1. The summed E-state index contributed by atoms with van der Waals surface area (Å²) in [6, 6.07) is 4.10. The van der Waals surface area contributed by atoms with Crippen molar-refractivity contribution < 1.29 is 13.2 Å². The fraction of sp³-hybridized carbons (Fsp3) is 0.538. The zero-order valence-corrected chi connectivity index (χ0v) is 10.8. The van der Waals surface area contributed by atoms with Crippen LogP contribution in [0.5, 0.6) is 0 Å². The van der Waals surface area contributed by atoms with Crippen molar-refractivity contribution in [3.8, 4) is 0 Å². The lowest BCUT2D eigenvalue weighted by Crippen LogP contribution is -2.34.